The smallest absolute Gasteiger partial charge is 0.323 e. The summed E-state index contributed by atoms with van der Waals surface area (Å²) < 4.78 is 15.8. The third-order valence-corrected chi connectivity index (χ3v) is 4.36. The van der Waals surface area contributed by atoms with Gasteiger partial charge in [-0.3, -0.25) is 0 Å². The van der Waals surface area contributed by atoms with Gasteiger partial charge >= 0.3 is 6.03 Å². The van der Waals surface area contributed by atoms with Crippen LogP contribution in [0.25, 0.3) is 0 Å². The van der Waals surface area contributed by atoms with Gasteiger partial charge in [-0.2, -0.15) is 4.98 Å². The van der Waals surface area contributed by atoms with Crippen LogP contribution in [-0.2, 0) is 4.74 Å². The second-order valence-corrected chi connectivity index (χ2v) is 6.55. The topological polar surface area (TPSA) is 101 Å². The van der Waals surface area contributed by atoms with Crippen LogP contribution >= 0.6 is 0 Å². The van der Waals surface area contributed by atoms with Crippen molar-refractivity contribution in [2.75, 3.05) is 75.1 Å². The van der Waals surface area contributed by atoms with Crippen molar-refractivity contribution in [1.29, 1.82) is 0 Å². The molecule has 2 amide bonds. The fourth-order valence-electron chi connectivity index (χ4n) is 2.91. The highest BCUT2D eigenvalue weighted by molar-refractivity contribution is 6.01. The molecule has 2 N–H and O–H groups in total. The van der Waals surface area contributed by atoms with Gasteiger partial charge in [0.25, 0.3) is 0 Å². The van der Waals surface area contributed by atoms with Gasteiger partial charge in [-0.25, -0.2) is 9.78 Å². The molecule has 1 aliphatic rings. The van der Waals surface area contributed by atoms with E-state index in [0.717, 1.165) is 13.1 Å². The Hall–Kier alpha value is -3.27. The number of nitrogens with zero attached hydrogens (tertiary/aromatic N) is 4. The monoisotopic (exact) mass is 402 g/mol. The zero-order valence-electron chi connectivity index (χ0n) is 17.1. The SMILES string of the molecule is COc1ccc(NC(=O)Nc2cnc(N3CCOCC3)nc2N(C)C)cc1OC. The number of carbonyl (C=O) groups is 1. The summed E-state index contributed by atoms with van der Waals surface area (Å²) in [6.07, 6.45) is 1.61. The molecule has 2 heterocycles. The number of ether oxygens (including phenoxy) is 3. The quantitative estimate of drug-likeness (QED) is 0.757. The molecule has 1 saturated heterocycles. The van der Waals surface area contributed by atoms with E-state index in [4.69, 9.17) is 14.2 Å². The lowest BCUT2D eigenvalue weighted by Crippen LogP contribution is -2.37. The van der Waals surface area contributed by atoms with Gasteiger partial charge < -0.3 is 34.6 Å². The predicted molar refractivity (Wildman–Crippen MR) is 112 cm³/mol. The normalized spacial score (nSPS) is 13.6. The number of morpholine rings is 1. The van der Waals surface area contributed by atoms with E-state index in [0.29, 0.717) is 47.9 Å². The molecule has 3 rings (SSSR count). The number of benzene rings is 1. The lowest BCUT2D eigenvalue weighted by molar-refractivity contribution is 0.122. The maximum atomic E-state index is 12.5. The molecule has 0 radical (unpaired) electrons. The van der Waals surface area contributed by atoms with Gasteiger partial charge in [0, 0.05) is 38.9 Å². The molecule has 1 aromatic carbocycles. The molecule has 0 saturated carbocycles. The van der Waals surface area contributed by atoms with Crippen LogP contribution in [0.4, 0.5) is 27.9 Å². The summed E-state index contributed by atoms with van der Waals surface area (Å²) in [4.78, 5) is 25.4. The van der Waals surface area contributed by atoms with Gasteiger partial charge in [0.15, 0.2) is 17.3 Å². The van der Waals surface area contributed by atoms with E-state index >= 15 is 0 Å². The van der Waals surface area contributed by atoms with Crippen LogP contribution in [0.15, 0.2) is 24.4 Å². The number of carbonyl (C=O) groups excluding carboxylic acids is 1. The van der Waals surface area contributed by atoms with E-state index in [2.05, 4.69) is 25.5 Å². The van der Waals surface area contributed by atoms with Gasteiger partial charge in [0.1, 0.15) is 5.69 Å². The Morgan fingerprint density at radius 3 is 2.52 bits per heavy atom. The second-order valence-electron chi connectivity index (χ2n) is 6.55. The molecule has 156 valence electrons. The molecule has 10 heteroatoms. The fraction of sp³-hybridized carbons (Fsp3) is 0.421. The molecule has 0 bridgehead atoms. The fourth-order valence-corrected chi connectivity index (χ4v) is 2.91. The molecule has 0 spiro atoms. The average Bonchev–Trinajstić information content (AvgIpc) is 2.74. The summed E-state index contributed by atoms with van der Waals surface area (Å²) >= 11 is 0. The van der Waals surface area contributed by atoms with E-state index in [-0.39, 0.29) is 0 Å². The summed E-state index contributed by atoms with van der Waals surface area (Å²) in [6.45, 7) is 2.77. The van der Waals surface area contributed by atoms with E-state index in [1.165, 1.54) is 0 Å². The average molecular weight is 402 g/mol. The highest BCUT2D eigenvalue weighted by Gasteiger charge is 2.18. The van der Waals surface area contributed by atoms with Crippen LogP contribution in [0.1, 0.15) is 0 Å². The highest BCUT2D eigenvalue weighted by Crippen LogP contribution is 2.30. The molecule has 10 nitrogen and oxygen atoms in total. The van der Waals surface area contributed by atoms with E-state index in [1.807, 2.05) is 19.0 Å². The first-order chi connectivity index (χ1) is 14.0. The van der Waals surface area contributed by atoms with Crippen molar-refractivity contribution in [3.63, 3.8) is 0 Å². The standard InChI is InChI=1S/C19H26N6O4/c1-24(2)17-14(12-20-18(23-17)25-7-9-29-10-8-25)22-19(26)21-13-5-6-15(27-3)16(11-13)28-4/h5-6,11-12H,7-10H2,1-4H3,(H2,21,22,26). The Labute approximate surface area is 169 Å². The summed E-state index contributed by atoms with van der Waals surface area (Å²) in [5.41, 5.74) is 1.07. The van der Waals surface area contributed by atoms with E-state index in [9.17, 15) is 4.79 Å². The van der Waals surface area contributed by atoms with Crippen LogP contribution in [0.2, 0.25) is 0 Å². The van der Waals surface area contributed by atoms with Gasteiger partial charge in [-0.05, 0) is 12.1 Å². The van der Waals surface area contributed by atoms with Crippen LogP contribution < -0.4 is 29.9 Å². The van der Waals surface area contributed by atoms with Crippen LogP contribution in [0.5, 0.6) is 11.5 Å². The van der Waals surface area contributed by atoms with Crippen LogP contribution in [0, 0.1) is 0 Å². The van der Waals surface area contributed by atoms with Gasteiger partial charge in [-0.15, -0.1) is 0 Å². The molecule has 1 fully saturated rings. The number of rotatable bonds is 6. The first-order valence-electron chi connectivity index (χ1n) is 9.19. The number of amides is 2. The van der Waals surface area contributed by atoms with Crippen molar-refractivity contribution in [3.8, 4) is 11.5 Å². The second kappa shape index (κ2) is 9.28. The minimum Gasteiger partial charge on any atom is -0.493 e. The number of urea groups is 1. The van der Waals surface area contributed by atoms with Crippen molar-refractivity contribution in [3.05, 3.63) is 24.4 Å². The maximum Gasteiger partial charge on any atom is 0.323 e. The summed E-state index contributed by atoms with van der Waals surface area (Å²) in [5, 5.41) is 5.58. The minimum absolute atomic E-state index is 0.414. The van der Waals surface area contributed by atoms with E-state index < -0.39 is 6.03 Å². The Morgan fingerprint density at radius 2 is 1.86 bits per heavy atom. The molecule has 0 unspecified atom stereocenters. The van der Waals surface area contributed by atoms with Gasteiger partial charge in [0.2, 0.25) is 5.95 Å². The highest BCUT2D eigenvalue weighted by atomic mass is 16.5. The molecular weight excluding hydrogens is 376 g/mol. The molecular formula is C19H26N6O4. The first-order valence-corrected chi connectivity index (χ1v) is 9.19. The molecule has 0 atom stereocenters. The Morgan fingerprint density at radius 1 is 1.14 bits per heavy atom. The third kappa shape index (κ3) is 4.96. The Bertz CT molecular complexity index is 855. The van der Waals surface area contributed by atoms with Crippen molar-refractivity contribution < 1.29 is 19.0 Å². The predicted octanol–water partition coefficient (Wildman–Crippen LogP) is 2.04. The number of nitrogens with one attached hydrogen (secondary N) is 2. The number of methoxy groups -OCH3 is 2. The minimum atomic E-state index is -0.414. The lowest BCUT2D eigenvalue weighted by Gasteiger charge is -2.28. The Kier molecular flexibility index (Phi) is 6.55. The molecule has 29 heavy (non-hydrogen) atoms. The lowest BCUT2D eigenvalue weighted by atomic mass is 10.3. The molecule has 1 aromatic heterocycles. The zero-order chi connectivity index (χ0) is 20.8. The number of hydrogen-bond acceptors (Lipinski definition) is 8. The largest absolute Gasteiger partial charge is 0.493 e. The van der Waals surface area contributed by atoms with Crippen LogP contribution in [-0.4, -0.2) is 70.6 Å². The molecule has 2 aromatic rings. The van der Waals surface area contributed by atoms with Crippen molar-refractivity contribution in [1.82, 2.24) is 9.97 Å². The third-order valence-electron chi connectivity index (χ3n) is 4.36. The maximum absolute atomic E-state index is 12.5. The van der Waals surface area contributed by atoms with Crippen molar-refractivity contribution >= 4 is 29.2 Å². The van der Waals surface area contributed by atoms with Gasteiger partial charge in [0.05, 0.1) is 33.6 Å². The summed E-state index contributed by atoms with van der Waals surface area (Å²) in [5.74, 6) is 2.34. The first kappa shape index (κ1) is 20.5. The van der Waals surface area contributed by atoms with Crippen molar-refractivity contribution in [2.24, 2.45) is 0 Å². The zero-order valence-corrected chi connectivity index (χ0v) is 17.1. The van der Waals surface area contributed by atoms with Crippen molar-refractivity contribution in [2.45, 2.75) is 0 Å². The summed E-state index contributed by atoms with van der Waals surface area (Å²) in [6, 6.07) is 4.72. The summed E-state index contributed by atoms with van der Waals surface area (Å²) in [7, 11) is 6.82. The van der Waals surface area contributed by atoms with Crippen LogP contribution in [0.3, 0.4) is 0 Å². The van der Waals surface area contributed by atoms with Gasteiger partial charge in [-0.1, -0.05) is 0 Å². The number of anilines is 4. The number of aromatic nitrogens is 2. The van der Waals surface area contributed by atoms with E-state index in [1.54, 1.807) is 38.6 Å². The Balaban J connectivity index is 1.74. The molecule has 0 aliphatic carbocycles. The number of hydrogen-bond donors (Lipinski definition) is 2. The molecule has 1 aliphatic heterocycles.